The van der Waals surface area contributed by atoms with Crippen LogP contribution in [0.3, 0.4) is 0 Å². The van der Waals surface area contributed by atoms with E-state index in [1.54, 1.807) is 0 Å². The van der Waals surface area contributed by atoms with Gasteiger partial charge in [0.25, 0.3) is 0 Å². The summed E-state index contributed by atoms with van der Waals surface area (Å²) < 4.78 is 10.2. The molecule has 2 rings (SSSR count). The van der Waals surface area contributed by atoms with Crippen LogP contribution in [-0.4, -0.2) is 19.7 Å². The molecule has 0 aliphatic heterocycles. The van der Waals surface area contributed by atoms with Gasteiger partial charge in [0.05, 0.1) is 13.2 Å². The molecule has 0 bridgehead atoms. The second-order valence-electron chi connectivity index (χ2n) is 3.97. The van der Waals surface area contributed by atoms with Crippen LogP contribution in [0.4, 0.5) is 0 Å². The van der Waals surface area contributed by atoms with Gasteiger partial charge in [-0.25, -0.2) is 4.79 Å². The van der Waals surface area contributed by atoms with Crippen LogP contribution < -0.4 is 0 Å². The molecular formula is C13H16O3. The summed E-state index contributed by atoms with van der Waals surface area (Å²) in [7, 11) is 1.38. The third kappa shape index (κ3) is 2.42. The maximum atomic E-state index is 11.0. The number of carbonyl (C=O) groups is 1. The van der Waals surface area contributed by atoms with E-state index in [0.717, 1.165) is 19.3 Å². The highest BCUT2D eigenvalue weighted by Gasteiger charge is 2.20. The topological polar surface area (TPSA) is 35.5 Å². The lowest BCUT2D eigenvalue weighted by atomic mass is 9.89. The van der Waals surface area contributed by atoms with Crippen molar-refractivity contribution in [3.63, 3.8) is 0 Å². The van der Waals surface area contributed by atoms with Crippen molar-refractivity contribution in [1.82, 2.24) is 0 Å². The summed E-state index contributed by atoms with van der Waals surface area (Å²) in [5.74, 6) is -0.317. The maximum absolute atomic E-state index is 11.0. The van der Waals surface area contributed by atoms with E-state index in [4.69, 9.17) is 4.74 Å². The number of carbonyl (C=O) groups excluding carboxylic acids is 1. The van der Waals surface area contributed by atoms with Crippen LogP contribution >= 0.6 is 0 Å². The summed E-state index contributed by atoms with van der Waals surface area (Å²) in [6, 6.07) is 8.26. The van der Waals surface area contributed by atoms with Crippen molar-refractivity contribution in [2.45, 2.75) is 25.4 Å². The largest absolute Gasteiger partial charge is 0.467 e. The lowest BCUT2D eigenvalue weighted by Crippen LogP contribution is -2.17. The molecule has 0 amide bonds. The maximum Gasteiger partial charge on any atom is 0.331 e. The predicted octanol–water partition coefficient (Wildman–Crippen LogP) is 2.25. The lowest BCUT2D eigenvalue weighted by molar-refractivity contribution is -0.148. The highest BCUT2D eigenvalue weighted by Crippen LogP contribution is 2.32. The van der Waals surface area contributed by atoms with Gasteiger partial charge in [-0.2, -0.15) is 0 Å². The van der Waals surface area contributed by atoms with Gasteiger partial charge in [0, 0.05) is 0 Å². The fourth-order valence-corrected chi connectivity index (χ4v) is 2.11. The van der Waals surface area contributed by atoms with E-state index < -0.39 is 0 Å². The van der Waals surface area contributed by atoms with Crippen LogP contribution in [0.15, 0.2) is 24.3 Å². The summed E-state index contributed by atoms with van der Waals surface area (Å²) in [5, 5.41) is 0. The van der Waals surface area contributed by atoms with E-state index in [-0.39, 0.29) is 18.7 Å². The summed E-state index contributed by atoms with van der Waals surface area (Å²) >= 11 is 0. The Morgan fingerprint density at radius 2 is 2.25 bits per heavy atom. The average Bonchev–Trinajstić information content (AvgIpc) is 2.35. The SMILES string of the molecule is COC(=O)COC1CCCc2ccccc21. The van der Waals surface area contributed by atoms with Crippen molar-refractivity contribution in [2.75, 3.05) is 13.7 Å². The van der Waals surface area contributed by atoms with Gasteiger partial charge in [-0.05, 0) is 30.4 Å². The van der Waals surface area contributed by atoms with Crippen LogP contribution in [0.2, 0.25) is 0 Å². The average molecular weight is 220 g/mol. The molecule has 1 atom stereocenters. The molecule has 0 saturated heterocycles. The molecule has 0 heterocycles. The number of rotatable bonds is 3. The molecule has 0 spiro atoms. The highest BCUT2D eigenvalue weighted by molar-refractivity contribution is 5.70. The molecule has 0 N–H and O–H groups in total. The Bertz CT molecular complexity index is 373. The van der Waals surface area contributed by atoms with E-state index in [9.17, 15) is 4.79 Å². The summed E-state index contributed by atoms with van der Waals surface area (Å²) in [4.78, 5) is 11.0. The van der Waals surface area contributed by atoms with E-state index in [1.807, 2.05) is 12.1 Å². The molecule has 86 valence electrons. The van der Waals surface area contributed by atoms with Gasteiger partial charge in [-0.3, -0.25) is 0 Å². The zero-order valence-electron chi connectivity index (χ0n) is 9.44. The van der Waals surface area contributed by atoms with Crippen LogP contribution in [-0.2, 0) is 20.7 Å². The molecule has 1 aromatic rings. The smallest absolute Gasteiger partial charge is 0.331 e. The number of methoxy groups -OCH3 is 1. The molecule has 0 radical (unpaired) electrons. The Hall–Kier alpha value is -1.35. The van der Waals surface area contributed by atoms with E-state index in [2.05, 4.69) is 16.9 Å². The first kappa shape index (κ1) is 11.1. The van der Waals surface area contributed by atoms with E-state index >= 15 is 0 Å². The number of ether oxygens (including phenoxy) is 2. The zero-order valence-corrected chi connectivity index (χ0v) is 9.44. The first-order valence-electron chi connectivity index (χ1n) is 5.57. The Kier molecular flexibility index (Phi) is 3.57. The van der Waals surface area contributed by atoms with E-state index in [1.165, 1.54) is 18.2 Å². The van der Waals surface area contributed by atoms with Crippen molar-refractivity contribution < 1.29 is 14.3 Å². The van der Waals surface area contributed by atoms with Crippen molar-refractivity contribution in [2.24, 2.45) is 0 Å². The number of esters is 1. The highest BCUT2D eigenvalue weighted by atomic mass is 16.6. The minimum atomic E-state index is -0.317. The van der Waals surface area contributed by atoms with Crippen LogP contribution in [0.25, 0.3) is 0 Å². The Balaban J connectivity index is 2.04. The van der Waals surface area contributed by atoms with Crippen molar-refractivity contribution in [1.29, 1.82) is 0 Å². The summed E-state index contributed by atoms with van der Waals surface area (Å²) in [6.07, 6.45) is 3.24. The lowest BCUT2D eigenvalue weighted by Gasteiger charge is -2.25. The molecule has 0 aromatic heterocycles. The fourth-order valence-electron chi connectivity index (χ4n) is 2.11. The number of hydrogen-bond donors (Lipinski definition) is 0. The van der Waals surface area contributed by atoms with Gasteiger partial charge >= 0.3 is 5.97 Å². The standard InChI is InChI=1S/C13H16O3/c1-15-13(14)9-16-12-8-4-6-10-5-2-3-7-11(10)12/h2-3,5,7,12H,4,6,8-9H2,1H3. The van der Waals surface area contributed by atoms with Gasteiger partial charge in [0.2, 0.25) is 0 Å². The number of fused-ring (bicyclic) bond motifs is 1. The van der Waals surface area contributed by atoms with Gasteiger partial charge < -0.3 is 9.47 Å². The molecule has 0 fully saturated rings. The van der Waals surface area contributed by atoms with Crippen LogP contribution in [0, 0.1) is 0 Å². The Morgan fingerprint density at radius 3 is 3.06 bits per heavy atom. The zero-order chi connectivity index (χ0) is 11.4. The van der Waals surface area contributed by atoms with Gasteiger partial charge in [0.15, 0.2) is 0 Å². The number of benzene rings is 1. The minimum absolute atomic E-state index is 0.0372. The first-order chi connectivity index (χ1) is 7.81. The minimum Gasteiger partial charge on any atom is -0.467 e. The Morgan fingerprint density at radius 1 is 1.44 bits per heavy atom. The van der Waals surface area contributed by atoms with Gasteiger partial charge in [-0.15, -0.1) is 0 Å². The van der Waals surface area contributed by atoms with Crippen molar-refractivity contribution in [3.8, 4) is 0 Å². The third-order valence-corrected chi connectivity index (χ3v) is 2.94. The molecule has 3 nitrogen and oxygen atoms in total. The summed E-state index contributed by atoms with van der Waals surface area (Å²) in [6.45, 7) is 0.0372. The molecule has 1 aliphatic carbocycles. The third-order valence-electron chi connectivity index (χ3n) is 2.94. The molecule has 0 saturated carbocycles. The molecular weight excluding hydrogens is 204 g/mol. The summed E-state index contributed by atoms with van der Waals surface area (Å²) in [5.41, 5.74) is 2.56. The Labute approximate surface area is 95.4 Å². The predicted molar refractivity (Wildman–Crippen MR) is 60.1 cm³/mol. The second-order valence-corrected chi connectivity index (χ2v) is 3.97. The van der Waals surface area contributed by atoms with Crippen LogP contribution in [0.5, 0.6) is 0 Å². The van der Waals surface area contributed by atoms with Crippen LogP contribution in [0.1, 0.15) is 30.1 Å². The molecule has 16 heavy (non-hydrogen) atoms. The molecule has 1 unspecified atom stereocenters. The number of hydrogen-bond acceptors (Lipinski definition) is 3. The fraction of sp³-hybridized carbons (Fsp3) is 0.462. The quantitative estimate of drug-likeness (QED) is 0.733. The van der Waals surface area contributed by atoms with Crippen molar-refractivity contribution >= 4 is 5.97 Å². The van der Waals surface area contributed by atoms with Gasteiger partial charge in [0.1, 0.15) is 6.61 Å². The molecule has 3 heteroatoms. The van der Waals surface area contributed by atoms with Crippen molar-refractivity contribution in [3.05, 3.63) is 35.4 Å². The van der Waals surface area contributed by atoms with E-state index in [0.29, 0.717) is 0 Å². The number of aryl methyl sites for hydroxylation is 1. The molecule has 1 aliphatic rings. The second kappa shape index (κ2) is 5.12. The van der Waals surface area contributed by atoms with Gasteiger partial charge in [-0.1, -0.05) is 24.3 Å². The monoisotopic (exact) mass is 220 g/mol. The normalized spacial score (nSPS) is 18.9. The molecule has 1 aromatic carbocycles. The first-order valence-corrected chi connectivity index (χ1v) is 5.57.